The average molecular weight is 423 g/mol. The molecule has 0 spiro atoms. The quantitative estimate of drug-likeness (QED) is 0.305. The van der Waals surface area contributed by atoms with Crippen LogP contribution in [0.4, 0.5) is 0 Å². The first-order valence-corrected chi connectivity index (χ1v) is 13.7. The molecule has 1 aliphatic rings. The summed E-state index contributed by atoms with van der Waals surface area (Å²) >= 11 is 0. The van der Waals surface area contributed by atoms with Crippen LogP contribution < -0.4 is 10.4 Å². The van der Waals surface area contributed by atoms with Crippen molar-refractivity contribution in [1.29, 1.82) is 0 Å². The molecule has 31 heavy (non-hydrogen) atoms. The van der Waals surface area contributed by atoms with E-state index in [2.05, 4.69) is 75.5 Å². The van der Waals surface area contributed by atoms with Crippen LogP contribution in [0, 0.1) is 13.8 Å². The van der Waals surface area contributed by atoms with Crippen LogP contribution in [0.25, 0.3) is 33.0 Å². The van der Waals surface area contributed by atoms with Crippen LogP contribution in [0.3, 0.4) is 0 Å². The van der Waals surface area contributed by atoms with Gasteiger partial charge in [0.1, 0.15) is 8.07 Å². The van der Waals surface area contributed by atoms with Crippen molar-refractivity contribution >= 4 is 35.2 Å². The minimum absolute atomic E-state index is 0.260. The fraction of sp³-hybridized carbons (Fsp3) is 0.179. The van der Waals surface area contributed by atoms with Crippen molar-refractivity contribution in [2.45, 2.75) is 26.9 Å². The minimum Gasteiger partial charge on any atom is -0.465 e. The summed E-state index contributed by atoms with van der Waals surface area (Å²) in [5.74, 6) is -0.260. The number of carbonyl (C=O) groups is 1. The van der Waals surface area contributed by atoms with Crippen molar-refractivity contribution in [3.05, 3.63) is 83.4 Å². The Bertz CT molecular complexity index is 1360. The molecule has 0 bridgehead atoms. The zero-order chi connectivity index (χ0) is 21.9. The summed E-state index contributed by atoms with van der Waals surface area (Å²) in [5.41, 5.74) is 7.61. The molecule has 5 rings (SSSR count). The number of hydrogen-bond acceptors (Lipinski definition) is 2. The van der Waals surface area contributed by atoms with Gasteiger partial charge in [-0.05, 0) is 68.4 Å². The summed E-state index contributed by atoms with van der Waals surface area (Å²) in [5, 5.41) is 5.44. The second-order valence-electron chi connectivity index (χ2n) is 8.94. The second-order valence-corrected chi connectivity index (χ2v) is 13.2. The van der Waals surface area contributed by atoms with Gasteiger partial charge in [-0.2, -0.15) is 0 Å². The van der Waals surface area contributed by atoms with Gasteiger partial charge in [-0.25, -0.2) is 4.79 Å². The number of fused-ring (bicyclic) bond motifs is 2. The van der Waals surface area contributed by atoms with Gasteiger partial charge in [0.25, 0.3) is 0 Å². The van der Waals surface area contributed by atoms with Gasteiger partial charge in [0.05, 0.1) is 12.7 Å². The molecule has 154 valence electrons. The van der Waals surface area contributed by atoms with Crippen LogP contribution in [0.15, 0.2) is 66.7 Å². The van der Waals surface area contributed by atoms with E-state index in [9.17, 15) is 4.79 Å². The molecule has 0 unspecified atom stereocenters. The molecule has 1 aliphatic heterocycles. The molecule has 0 aliphatic carbocycles. The highest BCUT2D eigenvalue weighted by Crippen LogP contribution is 2.41. The van der Waals surface area contributed by atoms with Gasteiger partial charge in [-0.1, -0.05) is 79.8 Å². The van der Waals surface area contributed by atoms with Crippen LogP contribution in [0.1, 0.15) is 21.5 Å². The van der Waals surface area contributed by atoms with Crippen LogP contribution in [-0.2, 0) is 4.74 Å². The summed E-state index contributed by atoms with van der Waals surface area (Å²) in [7, 11) is -0.665. The van der Waals surface area contributed by atoms with Crippen LogP contribution in [0.5, 0.6) is 0 Å². The molecule has 0 aromatic heterocycles. The van der Waals surface area contributed by atoms with E-state index in [1.807, 2.05) is 18.2 Å². The maximum atomic E-state index is 13.1. The first-order valence-electron chi connectivity index (χ1n) is 10.7. The minimum atomic E-state index is -2.14. The number of methoxy groups -OCH3 is 1. The van der Waals surface area contributed by atoms with E-state index in [0.717, 1.165) is 16.7 Å². The second kappa shape index (κ2) is 6.93. The Morgan fingerprint density at radius 3 is 2.16 bits per heavy atom. The third kappa shape index (κ3) is 2.66. The monoisotopic (exact) mass is 422 g/mol. The van der Waals surface area contributed by atoms with Crippen molar-refractivity contribution in [2.75, 3.05) is 7.11 Å². The number of carbonyl (C=O) groups excluding carboxylic acids is 1. The van der Waals surface area contributed by atoms with E-state index in [0.29, 0.717) is 5.56 Å². The van der Waals surface area contributed by atoms with Gasteiger partial charge in [-0.3, -0.25) is 0 Å². The highest BCUT2D eigenvalue weighted by atomic mass is 28.3. The van der Waals surface area contributed by atoms with Gasteiger partial charge < -0.3 is 4.74 Å². The summed E-state index contributed by atoms with van der Waals surface area (Å²) in [4.78, 5) is 13.1. The van der Waals surface area contributed by atoms with E-state index >= 15 is 0 Å². The molecule has 0 radical (unpaired) electrons. The summed E-state index contributed by atoms with van der Waals surface area (Å²) in [6.07, 6.45) is 0. The van der Waals surface area contributed by atoms with Gasteiger partial charge in [0.15, 0.2) is 0 Å². The van der Waals surface area contributed by atoms with Crippen molar-refractivity contribution in [3.63, 3.8) is 0 Å². The number of benzene rings is 4. The predicted octanol–water partition coefficient (Wildman–Crippen LogP) is 5.71. The van der Waals surface area contributed by atoms with E-state index in [1.54, 1.807) is 0 Å². The van der Waals surface area contributed by atoms with Crippen molar-refractivity contribution in [1.82, 2.24) is 0 Å². The highest BCUT2D eigenvalue weighted by molar-refractivity contribution is 7.04. The van der Waals surface area contributed by atoms with E-state index in [4.69, 9.17) is 4.74 Å². The Balaban J connectivity index is 2.06. The number of hydrogen-bond donors (Lipinski definition) is 0. The third-order valence-electron chi connectivity index (χ3n) is 6.99. The SMILES string of the molecule is COC(=O)c1c(C)c(C)c2c(c1-c1ccccc1)[Si](C)(C)c1cccc3cccc-2c13. The number of ether oxygens (including phenoxy) is 1. The van der Waals surface area contributed by atoms with Crippen LogP contribution in [-0.4, -0.2) is 21.2 Å². The maximum absolute atomic E-state index is 13.1. The fourth-order valence-electron chi connectivity index (χ4n) is 5.42. The smallest absolute Gasteiger partial charge is 0.338 e. The maximum Gasteiger partial charge on any atom is 0.338 e. The first-order chi connectivity index (χ1) is 14.9. The van der Waals surface area contributed by atoms with E-state index in [1.165, 1.54) is 44.9 Å². The van der Waals surface area contributed by atoms with Crippen LogP contribution >= 0.6 is 0 Å². The number of esters is 1. The molecule has 0 saturated heterocycles. The molecule has 0 N–H and O–H groups in total. The van der Waals surface area contributed by atoms with Gasteiger partial charge >= 0.3 is 5.97 Å². The molecule has 2 nitrogen and oxygen atoms in total. The molecule has 0 atom stereocenters. The molecule has 4 aromatic rings. The van der Waals surface area contributed by atoms with Gasteiger partial charge in [0, 0.05) is 0 Å². The molecule has 1 heterocycles. The Hall–Kier alpha value is -3.17. The van der Waals surface area contributed by atoms with Gasteiger partial charge in [-0.15, -0.1) is 0 Å². The van der Waals surface area contributed by atoms with E-state index in [-0.39, 0.29) is 5.97 Å². The average Bonchev–Trinajstić information content (AvgIpc) is 2.79. The number of rotatable bonds is 2. The normalized spacial score (nSPS) is 13.7. The topological polar surface area (TPSA) is 26.3 Å². The lowest BCUT2D eigenvalue weighted by Gasteiger charge is -2.38. The molecular formula is C28H26O2Si. The largest absolute Gasteiger partial charge is 0.465 e. The zero-order valence-corrected chi connectivity index (χ0v) is 19.7. The van der Waals surface area contributed by atoms with E-state index < -0.39 is 8.07 Å². The lowest BCUT2D eigenvalue weighted by atomic mass is 9.85. The zero-order valence-electron chi connectivity index (χ0n) is 18.7. The molecule has 3 heteroatoms. The fourth-order valence-corrected chi connectivity index (χ4v) is 8.94. The van der Waals surface area contributed by atoms with Gasteiger partial charge in [0.2, 0.25) is 0 Å². The Morgan fingerprint density at radius 1 is 0.806 bits per heavy atom. The summed E-state index contributed by atoms with van der Waals surface area (Å²) in [6.45, 7) is 9.05. The predicted molar refractivity (Wildman–Crippen MR) is 132 cm³/mol. The Kier molecular flexibility index (Phi) is 4.42. The molecular weight excluding hydrogens is 396 g/mol. The third-order valence-corrected chi connectivity index (χ3v) is 10.5. The molecule has 0 saturated carbocycles. The standard InChI is InChI=1S/C28H26O2Si/c1-17-18(2)24(28(29)30-3)26(20-11-7-6-8-12-20)27-23(17)21-15-9-13-19-14-10-16-22(25(19)21)31(27,4)5/h6-16H,1-5H3. The molecule has 4 aromatic carbocycles. The van der Waals surface area contributed by atoms with Crippen molar-refractivity contribution in [2.24, 2.45) is 0 Å². The highest BCUT2D eigenvalue weighted by Gasteiger charge is 2.40. The van der Waals surface area contributed by atoms with Crippen molar-refractivity contribution in [3.8, 4) is 22.3 Å². The lowest BCUT2D eigenvalue weighted by molar-refractivity contribution is 0.0601. The van der Waals surface area contributed by atoms with Crippen molar-refractivity contribution < 1.29 is 9.53 Å². The first kappa shape index (κ1) is 19.8. The Morgan fingerprint density at radius 2 is 1.48 bits per heavy atom. The summed E-state index contributed by atoms with van der Waals surface area (Å²) in [6, 6.07) is 23.6. The molecule has 0 fully saturated rings. The Labute approximate surface area is 184 Å². The lowest BCUT2D eigenvalue weighted by Crippen LogP contribution is -2.57. The molecule has 0 amide bonds. The summed E-state index contributed by atoms with van der Waals surface area (Å²) < 4.78 is 5.30. The van der Waals surface area contributed by atoms with Crippen LogP contribution in [0.2, 0.25) is 13.1 Å².